The monoisotopic (exact) mass is 280 g/mol. The van der Waals surface area contributed by atoms with Crippen molar-refractivity contribution in [1.82, 2.24) is 14.7 Å². The SMILES string of the molecule is CCOC(=O)c1cnn(C)c1CN1CCC(CN)CC1. The van der Waals surface area contributed by atoms with Gasteiger partial charge in [-0.2, -0.15) is 5.10 Å². The van der Waals surface area contributed by atoms with Crippen LogP contribution in [0.25, 0.3) is 0 Å². The minimum Gasteiger partial charge on any atom is -0.462 e. The number of rotatable bonds is 5. The van der Waals surface area contributed by atoms with E-state index in [1.54, 1.807) is 10.9 Å². The largest absolute Gasteiger partial charge is 0.462 e. The Kier molecular flexibility index (Phi) is 5.14. The van der Waals surface area contributed by atoms with Crippen LogP contribution in [0.2, 0.25) is 0 Å². The van der Waals surface area contributed by atoms with Crippen molar-refractivity contribution < 1.29 is 9.53 Å². The molecule has 20 heavy (non-hydrogen) atoms. The zero-order valence-corrected chi connectivity index (χ0v) is 12.3. The van der Waals surface area contributed by atoms with Gasteiger partial charge in [0.2, 0.25) is 0 Å². The number of aromatic nitrogens is 2. The number of carbonyl (C=O) groups excluding carboxylic acids is 1. The van der Waals surface area contributed by atoms with Crippen molar-refractivity contribution in [3.63, 3.8) is 0 Å². The van der Waals surface area contributed by atoms with Crippen LogP contribution in [-0.4, -0.2) is 46.9 Å². The molecule has 0 radical (unpaired) electrons. The van der Waals surface area contributed by atoms with Crippen LogP contribution >= 0.6 is 0 Å². The second kappa shape index (κ2) is 6.85. The number of nitrogens with two attached hydrogens (primary N) is 1. The van der Waals surface area contributed by atoms with Gasteiger partial charge in [-0.1, -0.05) is 0 Å². The predicted molar refractivity (Wildman–Crippen MR) is 76.2 cm³/mol. The summed E-state index contributed by atoms with van der Waals surface area (Å²) in [5.74, 6) is 0.356. The van der Waals surface area contributed by atoms with Gasteiger partial charge in [0.05, 0.1) is 18.5 Å². The van der Waals surface area contributed by atoms with Gasteiger partial charge in [0.15, 0.2) is 0 Å². The molecule has 6 heteroatoms. The van der Waals surface area contributed by atoms with E-state index in [2.05, 4.69) is 10.00 Å². The standard InChI is InChI=1S/C14H24N4O2/c1-3-20-14(19)12-9-16-17(2)13(12)10-18-6-4-11(8-15)5-7-18/h9,11H,3-8,10,15H2,1-2H3. The first-order chi connectivity index (χ1) is 9.65. The molecule has 0 aromatic carbocycles. The summed E-state index contributed by atoms with van der Waals surface area (Å²) < 4.78 is 6.84. The molecule has 1 aliphatic heterocycles. The normalized spacial score (nSPS) is 17.4. The lowest BCUT2D eigenvalue weighted by atomic mass is 9.97. The summed E-state index contributed by atoms with van der Waals surface area (Å²) in [5.41, 5.74) is 7.22. The van der Waals surface area contributed by atoms with Crippen molar-refractivity contribution in [2.24, 2.45) is 18.7 Å². The van der Waals surface area contributed by atoms with E-state index < -0.39 is 0 Å². The van der Waals surface area contributed by atoms with Crippen molar-refractivity contribution >= 4 is 5.97 Å². The van der Waals surface area contributed by atoms with Gasteiger partial charge in [0.1, 0.15) is 5.56 Å². The average molecular weight is 280 g/mol. The molecule has 0 atom stereocenters. The highest BCUT2D eigenvalue weighted by atomic mass is 16.5. The first-order valence-corrected chi connectivity index (χ1v) is 7.26. The molecule has 2 N–H and O–H groups in total. The van der Waals surface area contributed by atoms with E-state index in [4.69, 9.17) is 10.5 Å². The molecule has 112 valence electrons. The maximum Gasteiger partial charge on any atom is 0.341 e. The molecule has 0 saturated carbocycles. The maximum absolute atomic E-state index is 11.9. The van der Waals surface area contributed by atoms with Gasteiger partial charge in [-0.25, -0.2) is 4.79 Å². The van der Waals surface area contributed by atoms with Crippen LogP contribution in [0.5, 0.6) is 0 Å². The highest BCUT2D eigenvalue weighted by Gasteiger charge is 2.22. The van der Waals surface area contributed by atoms with Crippen molar-refractivity contribution in [3.05, 3.63) is 17.5 Å². The van der Waals surface area contributed by atoms with Crippen molar-refractivity contribution in [2.45, 2.75) is 26.3 Å². The minimum atomic E-state index is -0.285. The second-order valence-electron chi connectivity index (χ2n) is 5.30. The highest BCUT2D eigenvalue weighted by molar-refractivity contribution is 5.90. The van der Waals surface area contributed by atoms with Crippen LogP contribution in [0, 0.1) is 5.92 Å². The van der Waals surface area contributed by atoms with Gasteiger partial charge in [-0.05, 0) is 45.3 Å². The number of ether oxygens (including phenoxy) is 1. The van der Waals surface area contributed by atoms with Gasteiger partial charge in [-0.3, -0.25) is 9.58 Å². The number of carbonyl (C=O) groups is 1. The van der Waals surface area contributed by atoms with Crippen LogP contribution < -0.4 is 5.73 Å². The number of hydrogen-bond acceptors (Lipinski definition) is 5. The molecule has 1 aromatic heterocycles. The zero-order valence-electron chi connectivity index (χ0n) is 12.3. The van der Waals surface area contributed by atoms with E-state index in [-0.39, 0.29) is 5.97 Å². The van der Waals surface area contributed by atoms with E-state index >= 15 is 0 Å². The summed E-state index contributed by atoms with van der Waals surface area (Å²) in [6.45, 7) is 5.75. The molecule has 1 aliphatic rings. The molecule has 0 bridgehead atoms. The van der Waals surface area contributed by atoms with Gasteiger partial charge in [0.25, 0.3) is 0 Å². The Labute approximate surface area is 119 Å². The summed E-state index contributed by atoms with van der Waals surface area (Å²) >= 11 is 0. The fraction of sp³-hybridized carbons (Fsp3) is 0.714. The van der Waals surface area contributed by atoms with Crippen LogP contribution in [0.4, 0.5) is 0 Å². The number of likely N-dealkylation sites (tertiary alicyclic amines) is 1. The number of piperidine rings is 1. The third-order valence-corrected chi connectivity index (χ3v) is 3.97. The summed E-state index contributed by atoms with van der Waals surface area (Å²) in [5, 5.41) is 4.19. The number of nitrogens with zero attached hydrogens (tertiary/aromatic N) is 3. The maximum atomic E-state index is 11.9. The van der Waals surface area contributed by atoms with Crippen LogP contribution in [0.1, 0.15) is 35.8 Å². The van der Waals surface area contributed by atoms with Crippen molar-refractivity contribution in [3.8, 4) is 0 Å². The topological polar surface area (TPSA) is 73.4 Å². The summed E-state index contributed by atoms with van der Waals surface area (Å²) in [4.78, 5) is 14.3. The molecule has 2 rings (SSSR count). The number of aryl methyl sites for hydroxylation is 1. The predicted octanol–water partition coefficient (Wildman–Crippen LogP) is 0.768. The Balaban J connectivity index is 2.02. The number of hydrogen-bond donors (Lipinski definition) is 1. The van der Waals surface area contributed by atoms with E-state index in [1.807, 2.05) is 14.0 Å². The van der Waals surface area contributed by atoms with E-state index in [9.17, 15) is 4.79 Å². The molecule has 1 saturated heterocycles. The van der Waals surface area contributed by atoms with Gasteiger partial charge in [0, 0.05) is 13.6 Å². The Hall–Kier alpha value is -1.40. The molecule has 6 nitrogen and oxygen atoms in total. The summed E-state index contributed by atoms with van der Waals surface area (Å²) in [6, 6.07) is 0. The van der Waals surface area contributed by atoms with Gasteiger partial charge >= 0.3 is 5.97 Å². The van der Waals surface area contributed by atoms with Crippen molar-refractivity contribution in [1.29, 1.82) is 0 Å². The third-order valence-electron chi connectivity index (χ3n) is 3.97. The molecule has 2 heterocycles. The van der Waals surface area contributed by atoms with Gasteiger partial charge < -0.3 is 10.5 Å². The number of esters is 1. The minimum absolute atomic E-state index is 0.285. The highest BCUT2D eigenvalue weighted by Crippen LogP contribution is 2.19. The van der Waals surface area contributed by atoms with Gasteiger partial charge in [-0.15, -0.1) is 0 Å². The summed E-state index contributed by atoms with van der Waals surface area (Å²) in [7, 11) is 1.87. The van der Waals surface area contributed by atoms with Crippen molar-refractivity contribution in [2.75, 3.05) is 26.2 Å². The molecule has 1 fully saturated rings. The molecule has 0 amide bonds. The van der Waals surface area contributed by atoms with Crippen LogP contribution in [-0.2, 0) is 18.3 Å². The zero-order chi connectivity index (χ0) is 14.5. The Morgan fingerprint density at radius 3 is 2.80 bits per heavy atom. The fourth-order valence-electron chi connectivity index (χ4n) is 2.62. The molecule has 0 aliphatic carbocycles. The third kappa shape index (κ3) is 3.37. The summed E-state index contributed by atoms with van der Waals surface area (Å²) in [6.07, 6.45) is 3.85. The lowest BCUT2D eigenvalue weighted by Crippen LogP contribution is -2.36. The van der Waals surface area contributed by atoms with E-state index in [1.165, 1.54) is 0 Å². The molecule has 0 spiro atoms. The second-order valence-corrected chi connectivity index (χ2v) is 5.30. The first kappa shape index (κ1) is 15.0. The lowest BCUT2D eigenvalue weighted by Gasteiger charge is -2.31. The quantitative estimate of drug-likeness (QED) is 0.806. The van der Waals surface area contributed by atoms with E-state index in [0.29, 0.717) is 18.1 Å². The molecule has 1 aromatic rings. The van der Waals surface area contributed by atoms with Crippen LogP contribution in [0.3, 0.4) is 0 Å². The first-order valence-electron chi connectivity index (χ1n) is 7.26. The average Bonchev–Trinajstić information content (AvgIpc) is 2.81. The van der Waals surface area contributed by atoms with Crippen LogP contribution in [0.15, 0.2) is 6.20 Å². The Morgan fingerprint density at radius 2 is 2.20 bits per heavy atom. The molecular weight excluding hydrogens is 256 g/mol. The Morgan fingerprint density at radius 1 is 1.50 bits per heavy atom. The molecular formula is C14H24N4O2. The lowest BCUT2D eigenvalue weighted by molar-refractivity contribution is 0.0523. The van der Waals surface area contributed by atoms with E-state index in [0.717, 1.165) is 44.7 Å². The molecule has 0 unspecified atom stereocenters. The smallest absolute Gasteiger partial charge is 0.341 e. The fourth-order valence-corrected chi connectivity index (χ4v) is 2.62. The Bertz CT molecular complexity index is 450.